The number of nitrogens with zero attached hydrogens (tertiary/aromatic N) is 1. The van der Waals surface area contributed by atoms with Gasteiger partial charge in [0, 0.05) is 29.7 Å². The van der Waals surface area contributed by atoms with Gasteiger partial charge in [-0.2, -0.15) is 0 Å². The zero-order chi connectivity index (χ0) is 18.7. The van der Waals surface area contributed by atoms with Crippen LogP contribution in [0.1, 0.15) is 34.4 Å². The topological polar surface area (TPSA) is 76.3 Å². The van der Waals surface area contributed by atoms with Crippen LogP contribution in [0.3, 0.4) is 0 Å². The van der Waals surface area contributed by atoms with Crippen molar-refractivity contribution >= 4 is 23.2 Å². The largest absolute Gasteiger partial charge is 0.467 e. The first-order valence-electron chi connectivity index (χ1n) is 8.32. The summed E-state index contributed by atoms with van der Waals surface area (Å²) >= 11 is 0. The van der Waals surface area contributed by atoms with Crippen LogP contribution in [-0.2, 0) is 11.3 Å². The third-order valence-electron chi connectivity index (χ3n) is 4.18. The molecular formula is C20H21N3O3. The minimum absolute atomic E-state index is 0.134. The second-order valence-corrected chi connectivity index (χ2v) is 6.16. The summed E-state index contributed by atoms with van der Waals surface area (Å²) in [7, 11) is 0. The predicted octanol–water partition coefficient (Wildman–Crippen LogP) is 3.96. The number of rotatable bonds is 5. The first-order valence-corrected chi connectivity index (χ1v) is 8.32. The molecule has 0 aliphatic heterocycles. The van der Waals surface area contributed by atoms with Crippen LogP contribution in [-0.4, -0.2) is 16.4 Å². The Morgan fingerprint density at radius 2 is 1.69 bits per heavy atom. The molecule has 2 amide bonds. The summed E-state index contributed by atoms with van der Waals surface area (Å²) in [6.45, 7) is 5.93. The van der Waals surface area contributed by atoms with Crippen molar-refractivity contribution in [3.63, 3.8) is 0 Å². The highest BCUT2D eigenvalue weighted by atomic mass is 16.3. The second kappa shape index (κ2) is 7.31. The molecule has 0 saturated heterocycles. The maximum atomic E-state index is 12.6. The molecule has 3 aromatic rings. The lowest BCUT2D eigenvalue weighted by atomic mass is 10.2. The molecular weight excluding hydrogens is 330 g/mol. The Kier molecular flexibility index (Phi) is 4.93. The van der Waals surface area contributed by atoms with E-state index in [1.165, 1.54) is 6.92 Å². The molecule has 3 rings (SSSR count). The summed E-state index contributed by atoms with van der Waals surface area (Å²) in [5, 5.41) is 5.58. The van der Waals surface area contributed by atoms with E-state index in [-0.39, 0.29) is 11.8 Å². The Morgan fingerprint density at radius 3 is 2.27 bits per heavy atom. The van der Waals surface area contributed by atoms with Gasteiger partial charge in [0.1, 0.15) is 5.76 Å². The predicted molar refractivity (Wildman–Crippen MR) is 100 cm³/mol. The Bertz CT molecular complexity index is 922. The van der Waals surface area contributed by atoms with Gasteiger partial charge in [-0.15, -0.1) is 0 Å². The lowest BCUT2D eigenvalue weighted by molar-refractivity contribution is -0.114. The van der Waals surface area contributed by atoms with E-state index in [0.29, 0.717) is 23.5 Å². The van der Waals surface area contributed by atoms with Crippen LogP contribution in [0.25, 0.3) is 0 Å². The molecule has 0 aliphatic rings. The quantitative estimate of drug-likeness (QED) is 0.730. The van der Waals surface area contributed by atoms with Crippen LogP contribution in [0.2, 0.25) is 0 Å². The van der Waals surface area contributed by atoms with Crippen molar-refractivity contribution in [2.45, 2.75) is 27.3 Å². The fourth-order valence-corrected chi connectivity index (χ4v) is 2.87. The summed E-state index contributed by atoms with van der Waals surface area (Å²) < 4.78 is 7.45. The highest BCUT2D eigenvalue weighted by molar-refractivity contribution is 6.05. The van der Waals surface area contributed by atoms with Gasteiger partial charge in [0.15, 0.2) is 0 Å². The van der Waals surface area contributed by atoms with Crippen LogP contribution in [0.4, 0.5) is 11.4 Å². The minimum Gasteiger partial charge on any atom is -0.467 e. The number of benzene rings is 1. The van der Waals surface area contributed by atoms with E-state index >= 15 is 0 Å². The molecule has 6 heteroatoms. The van der Waals surface area contributed by atoms with E-state index in [0.717, 1.165) is 17.1 Å². The normalized spacial score (nSPS) is 10.6. The maximum Gasteiger partial charge on any atom is 0.257 e. The van der Waals surface area contributed by atoms with Gasteiger partial charge in [-0.05, 0) is 56.3 Å². The minimum atomic E-state index is -0.170. The molecule has 0 atom stereocenters. The molecule has 0 unspecified atom stereocenters. The van der Waals surface area contributed by atoms with E-state index in [1.807, 2.05) is 36.6 Å². The number of nitrogens with one attached hydrogen (secondary N) is 2. The lowest BCUT2D eigenvalue weighted by Crippen LogP contribution is -2.13. The number of anilines is 2. The number of hydrogen-bond acceptors (Lipinski definition) is 3. The molecule has 1 aromatic carbocycles. The summed E-state index contributed by atoms with van der Waals surface area (Å²) in [5.74, 6) is 0.536. The molecule has 26 heavy (non-hydrogen) atoms. The van der Waals surface area contributed by atoms with Crippen molar-refractivity contribution in [3.05, 3.63) is 71.4 Å². The summed E-state index contributed by atoms with van der Waals surface area (Å²) in [6, 6.07) is 12.6. The van der Waals surface area contributed by atoms with Crippen LogP contribution < -0.4 is 10.6 Å². The smallest absolute Gasteiger partial charge is 0.257 e. The van der Waals surface area contributed by atoms with Gasteiger partial charge in [-0.1, -0.05) is 0 Å². The van der Waals surface area contributed by atoms with Crippen LogP contribution >= 0.6 is 0 Å². The van der Waals surface area contributed by atoms with Crippen molar-refractivity contribution in [3.8, 4) is 0 Å². The molecule has 0 aliphatic carbocycles. The molecule has 0 bridgehead atoms. The van der Waals surface area contributed by atoms with Crippen molar-refractivity contribution in [1.29, 1.82) is 0 Å². The molecule has 0 saturated carbocycles. The Hall–Kier alpha value is -3.28. The van der Waals surface area contributed by atoms with E-state index in [1.54, 1.807) is 30.5 Å². The van der Waals surface area contributed by atoms with Gasteiger partial charge in [-0.3, -0.25) is 9.59 Å². The van der Waals surface area contributed by atoms with Crippen molar-refractivity contribution < 1.29 is 14.0 Å². The first kappa shape index (κ1) is 17.5. The first-order chi connectivity index (χ1) is 12.4. The highest BCUT2D eigenvalue weighted by Gasteiger charge is 2.16. The van der Waals surface area contributed by atoms with Crippen molar-refractivity contribution in [1.82, 2.24) is 4.57 Å². The fraction of sp³-hybridized carbons (Fsp3) is 0.200. The SMILES string of the molecule is CC(=O)Nc1ccc(NC(=O)c2cc(C)n(Cc3ccco3)c2C)cc1. The third kappa shape index (κ3) is 3.85. The number of hydrogen-bond donors (Lipinski definition) is 2. The van der Waals surface area contributed by atoms with E-state index in [4.69, 9.17) is 4.42 Å². The third-order valence-corrected chi connectivity index (χ3v) is 4.18. The summed E-state index contributed by atoms with van der Waals surface area (Å²) in [6.07, 6.45) is 1.64. The molecule has 0 fully saturated rings. The Balaban J connectivity index is 1.74. The maximum absolute atomic E-state index is 12.6. The number of aryl methyl sites for hydroxylation is 1. The Morgan fingerprint density at radius 1 is 1.04 bits per heavy atom. The monoisotopic (exact) mass is 351 g/mol. The highest BCUT2D eigenvalue weighted by Crippen LogP contribution is 2.20. The summed E-state index contributed by atoms with van der Waals surface area (Å²) in [5.41, 5.74) is 3.85. The molecule has 134 valence electrons. The average Bonchev–Trinajstić information content (AvgIpc) is 3.20. The molecule has 0 radical (unpaired) electrons. The van der Waals surface area contributed by atoms with Gasteiger partial charge in [0.25, 0.3) is 5.91 Å². The van der Waals surface area contributed by atoms with Gasteiger partial charge < -0.3 is 19.6 Å². The van der Waals surface area contributed by atoms with Gasteiger partial charge in [0.05, 0.1) is 18.4 Å². The molecule has 2 N–H and O–H groups in total. The zero-order valence-electron chi connectivity index (χ0n) is 15.0. The van der Waals surface area contributed by atoms with Crippen molar-refractivity contribution in [2.24, 2.45) is 0 Å². The lowest BCUT2D eigenvalue weighted by Gasteiger charge is -2.09. The molecule has 0 spiro atoms. The van der Waals surface area contributed by atoms with E-state index in [9.17, 15) is 9.59 Å². The Labute approximate surface area is 151 Å². The molecule has 2 aromatic heterocycles. The standard InChI is InChI=1S/C20H21N3O3/c1-13-11-19(14(2)23(13)12-18-5-4-10-26-18)20(25)22-17-8-6-16(7-9-17)21-15(3)24/h4-11H,12H2,1-3H3,(H,21,24)(H,22,25). The van der Waals surface area contributed by atoms with Crippen molar-refractivity contribution in [2.75, 3.05) is 10.6 Å². The van der Waals surface area contributed by atoms with Crippen LogP contribution in [0.15, 0.2) is 53.1 Å². The zero-order valence-corrected chi connectivity index (χ0v) is 15.0. The summed E-state index contributed by atoms with van der Waals surface area (Å²) in [4.78, 5) is 23.7. The van der Waals surface area contributed by atoms with Gasteiger partial charge in [0.2, 0.25) is 5.91 Å². The average molecular weight is 351 g/mol. The second-order valence-electron chi connectivity index (χ2n) is 6.16. The van der Waals surface area contributed by atoms with E-state index < -0.39 is 0 Å². The number of furan rings is 1. The van der Waals surface area contributed by atoms with Crippen LogP contribution in [0.5, 0.6) is 0 Å². The van der Waals surface area contributed by atoms with Gasteiger partial charge in [-0.25, -0.2) is 0 Å². The van der Waals surface area contributed by atoms with E-state index in [2.05, 4.69) is 10.6 Å². The number of amides is 2. The fourth-order valence-electron chi connectivity index (χ4n) is 2.87. The molecule has 2 heterocycles. The number of carbonyl (C=O) groups is 2. The van der Waals surface area contributed by atoms with Gasteiger partial charge >= 0.3 is 0 Å². The molecule has 6 nitrogen and oxygen atoms in total. The van der Waals surface area contributed by atoms with Crippen LogP contribution in [0, 0.1) is 13.8 Å². The number of carbonyl (C=O) groups excluding carboxylic acids is 2. The number of aromatic nitrogens is 1.